The predicted octanol–water partition coefficient (Wildman–Crippen LogP) is 5.19. The molecule has 0 spiro atoms. The van der Waals surface area contributed by atoms with Crippen LogP contribution in [0.15, 0.2) is 54.9 Å². The Morgan fingerprint density at radius 3 is 2.86 bits per heavy atom. The molecule has 0 radical (unpaired) electrons. The van der Waals surface area contributed by atoms with E-state index in [1.807, 2.05) is 48.7 Å². The number of hydrogen-bond acceptors (Lipinski definition) is 6. The summed E-state index contributed by atoms with van der Waals surface area (Å²) >= 11 is 1.59. The average molecular weight is 407 g/mol. The topological polar surface area (TPSA) is 83.1 Å². The summed E-state index contributed by atoms with van der Waals surface area (Å²) in [6.45, 7) is 0. The molecule has 5 rings (SSSR count). The van der Waals surface area contributed by atoms with Crippen molar-refractivity contribution in [2.24, 2.45) is 0 Å². The lowest BCUT2D eigenvalue weighted by atomic mass is 9.93. The number of aliphatic hydroxyl groups excluding tert-OH is 1. The molecule has 4 aromatic rings. The lowest BCUT2D eigenvalue weighted by Gasteiger charge is -2.27. The van der Waals surface area contributed by atoms with Gasteiger partial charge in [-0.15, -0.1) is 0 Å². The van der Waals surface area contributed by atoms with Gasteiger partial charge in [0.05, 0.1) is 33.8 Å². The van der Waals surface area contributed by atoms with E-state index in [1.165, 1.54) is 0 Å². The van der Waals surface area contributed by atoms with Gasteiger partial charge in [0, 0.05) is 24.5 Å². The maximum atomic E-state index is 10.2. The van der Waals surface area contributed by atoms with E-state index in [1.54, 1.807) is 17.5 Å². The largest absolute Gasteiger partial charge is 0.457 e. The van der Waals surface area contributed by atoms with Crippen molar-refractivity contribution in [3.63, 3.8) is 0 Å². The summed E-state index contributed by atoms with van der Waals surface area (Å²) in [7, 11) is 0. The van der Waals surface area contributed by atoms with Crippen LogP contribution in [-0.4, -0.2) is 32.2 Å². The quantitative estimate of drug-likeness (QED) is 0.425. The average Bonchev–Trinajstić information content (AvgIpc) is 3.39. The molecule has 0 bridgehead atoms. The van der Waals surface area contributed by atoms with E-state index in [4.69, 9.17) is 4.74 Å². The van der Waals surface area contributed by atoms with Crippen LogP contribution in [0.2, 0.25) is 0 Å². The Morgan fingerprint density at radius 1 is 1.10 bits per heavy atom. The van der Waals surface area contributed by atoms with Crippen molar-refractivity contribution in [1.29, 1.82) is 0 Å². The number of pyridine rings is 1. The van der Waals surface area contributed by atoms with Crippen molar-refractivity contribution in [3.05, 3.63) is 54.9 Å². The number of nitrogens with zero attached hydrogens (tertiary/aromatic N) is 2. The Morgan fingerprint density at radius 2 is 2.00 bits per heavy atom. The number of thiazole rings is 1. The molecule has 3 aromatic heterocycles. The zero-order chi connectivity index (χ0) is 19.6. The molecule has 6 nitrogen and oxygen atoms in total. The van der Waals surface area contributed by atoms with Crippen LogP contribution >= 0.6 is 11.3 Å². The molecule has 1 fully saturated rings. The number of rotatable bonds is 5. The Kier molecular flexibility index (Phi) is 4.91. The van der Waals surface area contributed by atoms with Gasteiger partial charge >= 0.3 is 0 Å². The first-order valence-corrected chi connectivity index (χ1v) is 10.7. The Bertz CT molecular complexity index is 1110. The number of aromatic nitrogens is 3. The van der Waals surface area contributed by atoms with Gasteiger partial charge in [-0.3, -0.25) is 4.98 Å². The molecular weight excluding hydrogens is 384 g/mol. The highest BCUT2D eigenvalue weighted by molar-refractivity contribution is 7.22. The van der Waals surface area contributed by atoms with Gasteiger partial charge in [0.1, 0.15) is 11.5 Å². The van der Waals surface area contributed by atoms with Gasteiger partial charge in [0.2, 0.25) is 0 Å². The second kappa shape index (κ2) is 7.85. The molecule has 0 saturated heterocycles. The van der Waals surface area contributed by atoms with Crippen LogP contribution in [0.1, 0.15) is 25.7 Å². The third kappa shape index (κ3) is 3.97. The molecule has 1 aliphatic carbocycles. The molecule has 0 aliphatic heterocycles. The molecule has 1 saturated carbocycles. The van der Waals surface area contributed by atoms with Gasteiger partial charge in [-0.2, -0.15) is 0 Å². The van der Waals surface area contributed by atoms with Crippen LogP contribution in [0.5, 0.6) is 11.5 Å². The van der Waals surface area contributed by atoms with Gasteiger partial charge in [0.25, 0.3) is 0 Å². The van der Waals surface area contributed by atoms with Crippen LogP contribution in [-0.2, 0) is 0 Å². The Hall–Kier alpha value is -2.90. The van der Waals surface area contributed by atoms with Crippen LogP contribution in [0, 0.1) is 0 Å². The molecule has 0 amide bonds. The second-order valence-electron chi connectivity index (χ2n) is 7.31. The molecule has 1 aromatic carbocycles. The Balaban J connectivity index is 1.34. The predicted molar refractivity (Wildman–Crippen MR) is 116 cm³/mol. The number of aliphatic hydroxyl groups is 1. The summed E-state index contributed by atoms with van der Waals surface area (Å²) in [6, 6.07) is 13.7. The molecule has 3 heterocycles. The van der Waals surface area contributed by atoms with Crippen LogP contribution < -0.4 is 10.1 Å². The first-order valence-electron chi connectivity index (χ1n) is 9.87. The summed E-state index contributed by atoms with van der Waals surface area (Å²) in [6.07, 6.45) is 7.41. The fraction of sp³-hybridized carbons (Fsp3) is 0.273. The minimum atomic E-state index is -0.296. The van der Waals surface area contributed by atoms with E-state index in [9.17, 15) is 5.11 Å². The maximum Gasteiger partial charge on any atom is 0.184 e. The summed E-state index contributed by atoms with van der Waals surface area (Å²) in [5, 5.41) is 14.5. The monoisotopic (exact) mass is 406 g/mol. The van der Waals surface area contributed by atoms with Crippen LogP contribution in [0.4, 0.5) is 5.13 Å². The third-order valence-electron chi connectivity index (χ3n) is 5.24. The normalized spacial score (nSPS) is 19.3. The number of nitrogens with one attached hydrogen (secondary N) is 2. The molecule has 3 N–H and O–H groups in total. The highest BCUT2D eigenvalue weighted by Crippen LogP contribution is 2.33. The number of H-pyrrole nitrogens is 1. The Labute approximate surface area is 172 Å². The number of anilines is 1. The molecule has 0 unspecified atom stereocenters. The molecule has 1 aliphatic rings. The number of aromatic amines is 1. The third-order valence-corrected chi connectivity index (χ3v) is 6.19. The van der Waals surface area contributed by atoms with Crippen molar-refractivity contribution in [2.45, 2.75) is 37.8 Å². The number of ether oxygens (including phenoxy) is 1. The molecular formula is C22H22N4O2S. The van der Waals surface area contributed by atoms with E-state index in [2.05, 4.69) is 20.3 Å². The van der Waals surface area contributed by atoms with Crippen molar-refractivity contribution < 1.29 is 9.84 Å². The van der Waals surface area contributed by atoms with Gasteiger partial charge < -0.3 is 20.1 Å². The van der Waals surface area contributed by atoms with Gasteiger partial charge in [-0.05, 0) is 43.2 Å². The number of benzene rings is 1. The fourth-order valence-corrected chi connectivity index (χ4v) is 4.67. The van der Waals surface area contributed by atoms with Gasteiger partial charge in [-0.25, -0.2) is 4.98 Å². The van der Waals surface area contributed by atoms with Crippen molar-refractivity contribution in [2.75, 3.05) is 5.32 Å². The molecule has 2 atom stereocenters. The second-order valence-corrected chi connectivity index (χ2v) is 8.34. The zero-order valence-electron chi connectivity index (χ0n) is 15.8. The summed E-state index contributed by atoms with van der Waals surface area (Å²) in [5.74, 6) is 1.49. The summed E-state index contributed by atoms with van der Waals surface area (Å²) in [4.78, 5) is 12.2. The van der Waals surface area contributed by atoms with Crippen LogP contribution in [0.3, 0.4) is 0 Å². The first kappa shape index (κ1) is 18.1. The van der Waals surface area contributed by atoms with E-state index >= 15 is 0 Å². The van der Waals surface area contributed by atoms with E-state index in [-0.39, 0.29) is 12.1 Å². The van der Waals surface area contributed by atoms with Gasteiger partial charge in [0.15, 0.2) is 5.13 Å². The minimum Gasteiger partial charge on any atom is -0.457 e. The van der Waals surface area contributed by atoms with E-state index in [0.717, 1.165) is 63.9 Å². The summed E-state index contributed by atoms with van der Waals surface area (Å²) in [5.41, 5.74) is 2.72. The smallest absolute Gasteiger partial charge is 0.184 e. The van der Waals surface area contributed by atoms with E-state index < -0.39 is 0 Å². The standard InChI is InChI=1S/C22H22N4O2S/c27-20-6-2-1-4-17(20)25-22-26-18-8-7-14(13-21(18)29-22)28-15-9-11-24-19(12-15)16-5-3-10-23-16/h3,5,7-13,17,20,23,27H,1-2,4,6H2,(H,25,26)/t17-,20-/m1/s1. The minimum absolute atomic E-state index is 0.0864. The highest BCUT2D eigenvalue weighted by atomic mass is 32.1. The first-order chi connectivity index (χ1) is 14.2. The lowest BCUT2D eigenvalue weighted by Crippen LogP contribution is -2.36. The highest BCUT2D eigenvalue weighted by Gasteiger charge is 2.23. The zero-order valence-corrected chi connectivity index (χ0v) is 16.7. The van der Waals surface area contributed by atoms with Gasteiger partial charge in [-0.1, -0.05) is 24.2 Å². The van der Waals surface area contributed by atoms with Crippen molar-refractivity contribution in [1.82, 2.24) is 15.0 Å². The van der Waals surface area contributed by atoms with Crippen molar-refractivity contribution in [3.8, 4) is 22.9 Å². The SMILES string of the molecule is O[C@@H]1CCCC[C@H]1Nc1nc2ccc(Oc3ccnc(-c4ccc[nH]4)c3)cc2s1. The maximum absolute atomic E-state index is 10.2. The number of fused-ring (bicyclic) bond motifs is 1. The molecule has 29 heavy (non-hydrogen) atoms. The van der Waals surface area contributed by atoms with Crippen molar-refractivity contribution >= 4 is 26.7 Å². The summed E-state index contributed by atoms with van der Waals surface area (Å²) < 4.78 is 7.12. The van der Waals surface area contributed by atoms with Crippen LogP contribution in [0.25, 0.3) is 21.6 Å². The lowest BCUT2D eigenvalue weighted by molar-refractivity contribution is 0.116. The molecule has 148 valence electrons. The fourth-order valence-electron chi connectivity index (χ4n) is 3.72. The van der Waals surface area contributed by atoms with E-state index in [0.29, 0.717) is 0 Å². The number of hydrogen-bond donors (Lipinski definition) is 3. The molecule has 7 heteroatoms.